The van der Waals surface area contributed by atoms with Crippen LogP contribution in [0, 0.1) is 7.14 Å². The molecule has 3 rings (SSSR count). The summed E-state index contributed by atoms with van der Waals surface area (Å²) in [6, 6.07) is 18.5. The zero-order valence-electron chi connectivity index (χ0n) is 14.3. The van der Waals surface area contributed by atoms with Crippen molar-refractivity contribution in [3.8, 4) is 0 Å². The van der Waals surface area contributed by atoms with Crippen molar-refractivity contribution in [1.29, 1.82) is 0 Å². The van der Waals surface area contributed by atoms with Gasteiger partial charge < -0.3 is 4.55 Å². The summed E-state index contributed by atoms with van der Waals surface area (Å²) in [6.45, 7) is 0. The lowest BCUT2D eigenvalue weighted by molar-refractivity contribution is -0.597. The lowest BCUT2D eigenvalue weighted by Gasteiger charge is -2.09. The summed E-state index contributed by atoms with van der Waals surface area (Å²) in [5.41, 5.74) is -0.995. The van der Waals surface area contributed by atoms with Crippen molar-refractivity contribution in [1.82, 2.24) is 0 Å². The van der Waals surface area contributed by atoms with E-state index in [1.54, 1.807) is 0 Å². The highest BCUT2D eigenvalue weighted by molar-refractivity contribution is 7.85. The Balaban J connectivity index is 0.000000208. The van der Waals surface area contributed by atoms with Gasteiger partial charge in [-0.25, -0.2) is 8.42 Å². The van der Waals surface area contributed by atoms with Crippen LogP contribution in [0.2, 0.25) is 10.0 Å². The molecule has 0 aliphatic carbocycles. The number of benzene rings is 3. The van der Waals surface area contributed by atoms with Crippen LogP contribution in [-0.4, -0.2) is 13.0 Å². The van der Waals surface area contributed by atoms with Crippen molar-refractivity contribution < 1.29 is 47.3 Å². The maximum absolute atomic E-state index is 12.0. The summed E-state index contributed by atoms with van der Waals surface area (Å²) in [5.74, 6) is 0. The number of hydrogen-bond acceptors (Lipinski definition) is 3. The first-order chi connectivity index (χ1) is 13.4. The summed E-state index contributed by atoms with van der Waals surface area (Å²) in [4.78, 5) is -0.675. The van der Waals surface area contributed by atoms with Crippen molar-refractivity contribution in [2.24, 2.45) is 0 Å². The quantitative estimate of drug-likeness (QED) is 0.357. The van der Waals surface area contributed by atoms with Crippen LogP contribution in [-0.2, 0) is 16.3 Å². The van der Waals surface area contributed by atoms with Crippen molar-refractivity contribution >= 4 is 33.3 Å². The van der Waals surface area contributed by atoms with E-state index in [-0.39, 0.29) is 21.2 Å². The zero-order chi connectivity index (χ0) is 21.7. The molecule has 0 aliphatic heterocycles. The standard InChI is InChI=1S/C12H8Cl2I.C7H5F3O3S/c13-9-1-5-11(6-2-9)15-12-7-3-10(14)4-8-12;8-7(9,10)5-1-3-6(4-2-5)14(11,12)13/h1-8H;1-4H,(H,11,12,13)/q+1;/p-1. The normalized spacial score (nSPS) is 11.5. The molecule has 0 unspecified atom stereocenters. The van der Waals surface area contributed by atoms with E-state index in [9.17, 15) is 26.1 Å². The Morgan fingerprint density at radius 3 is 1.41 bits per heavy atom. The van der Waals surface area contributed by atoms with Gasteiger partial charge in [0, 0.05) is 10.0 Å². The summed E-state index contributed by atoms with van der Waals surface area (Å²) in [7, 11) is -4.68. The first kappa shape index (κ1) is 23.9. The van der Waals surface area contributed by atoms with Gasteiger partial charge in [-0.05, 0) is 72.8 Å². The molecule has 3 nitrogen and oxygen atoms in total. The molecule has 0 heterocycles. The van der Waals surface area contributed by atoms with Crippen molar-refractivity contribution in [2.75, 3.05) is 0 Å². The second-order valence-electron chi connectivity index (χ2n) is 5.44. The highest BCUT2D eigenvalue weighted by Crippen LogP contribution is 2.29. The average Bonchev–Trinajstić information content (AvgIpc) is 2.65. The lowest BCUT2D eigenvalue weighted by atomic mass is 10.2. The molecular weight excluding hydrogens is 563 g/mol. The minimum Gasteiger partial charge on any atom is -0.744 e. The Kier molecular flexibility index (Phi) is 8.36. The molecule has 0 aromatic heterocycles. The van der Waals surface area contributed by atoms with Gasteiger partial charge in [0.25, 0.3) is 0 Å². The molecular formula is C19H12Cl2F3IO3S. The first-order valence-corrected chi connectivity index (χ1v) is 12.1. The third-order valence-corrected chi connectivity index (χ3v) is 7.33. The molecule has 0 amide bonds. The fraction of sp³-hybridized carbons (Fsp3) is 0.0526. The Bertz CT molecular complexity index is 995. The summed E-state index contributed by atoms with van der Waals surface area (Å²) in [6.07, 6.45) is -4.54. The molecule has 0 atom stereocenters. The molecule has 0 N–H and O–H groups in total. The second-order valence-corrected chi connectivity index (χ2v) is 10.7. The molecule has 0 radical (unpaired) electrons. The third-order valence-electron chi connectivity index (χ3n) is 3.30. The number of halogens is 6. The largest absolute Gasteiger partial charge is 0.744 e. The summed E-state index contributed by atoms with van der Waals surface area (Å²) < 4.78 is 69.8. The van der Waals surface area contributed by atoms with E-state index in [0.717, 1.165) is 10.0 Å². The molecule has 10 heteroatoms. The maximum Gasteiger partial charge on any atom is 0.416 e. The van der Waals surface area contributed by atoms with Gasteiger partial charge in [0.05, 0.1) is 10.5 Å². The van der Waals surface area contributed by atoms with Crippen LogP contribution in [0.5, 0.6) is 0 Å². The minimum absolute atomic E-state index is 0.114. The highest BCUT2D eigenvalue weighted by atomic mass is 127. The molecule has 0 saturated carbocycles. The average molecular weight is 575 g/mol. The van der Waals surface area contributed by atoms with Gasteiger partial charge in [-0.3, -0.25) is 0 Å². The molecule has 0 bridgehead atoms. The number of rotatable bonds is 3. The van der Waals surface area contributed by atoms with Crippen LogP contribution in [0.15, 0.2) is 77.7 Å². The first-order valence-electron chi connectivity index (χ1n) is 7.74. The maximum atomic E-state index is 12.0. The van der Waals surface area contributed by atoms with Gasteiger partial charge in [-0.15, -0.1) is 0 Å². The fourth-order valence-electron chi connectivity index (χ4n) is 1.92. The minimum atomic E-state index is -4.68. The van der Waals surface area contributed by atoms with Crippen LogP contribution in [0.1, 0.15) is 5.56 Å². The molecule has 0 fully saturated rings. The van der Waals surface area contributed by atoms with Gasteiger partial charge in [0.2, 0.25) is 0 Å². The van der Waals surface area contributed by atoms with Gasteiger partial charge in [0.15, 0.2) is 7.14 Å². The van der Waals surface area contributed by atoms with E-state index in [0.29, 0.717) is 24.3 Å². The van der Waals surface area contributed by atoms with Gasteiger partial charge in [-0.1, -0.05) is 23.2 Å². The van der Waals surface area contributed by atoms with Crippen molar-refractivity contribution in [3.05, 3.63) is 95.5 Å². The summed E-state index contributed by atoms with van der Waals surface area (Å²) >= 11 is 11.5. The number of alkyl halides is 3. The van der Waals surface area contributed by atoms with E-state index in [4.69, 9.17) is 23.2 Å². The summed E-state index contributed by atoms with van der Waals surface area (Å²) in [5, 5.41) is 1.58. The van der Waals surface area contributed by atoms with Gasteiger partial charge in [0.1, 0.15) is 10.1 Å². The van der Waals surface area contributed by atoms with E-state index in [2.05, 4.69) is 24.3 Å². The predicted octanol–water partition coefficient (Wildman–Crippen LogP) is 2.73. The Hall–Kier alpha value is -1.33. The Morgan fingerprint density at radius 1 is 0.724 bits per heavy atom. The molecule has 3 aromatic carbocycles. The van der Waals surface area contributed by atoms with Gasteiger partial charge >= 0.3 is 27.4 Å². The SMILES string of the molecule is Clc1ccc([I+]c2ccc(Cl)cc2)cc1.O=S(=O)([O-])c1ccc(C(F)(F)F)cc1. The van der Waals surface area contributed by atoms with E-state index in [1.807, 2.05) is 24.3 Å². The molecule has 0 aliphatic rings. The van der Waals surface area contributed by atoms with Gasteiger partial charge in [-0.2, -0.15) is 13.2 Å². The number of hydrogen-bond donors (Lipinski definition) is 0. The molecule has 0 spiro atoms. The fourth-order valence-corrected chi connectivity index (χ4v) is 4.80. The van der Waals surface area contributed by atoms with Crippen LogP contribution >= 0.6 is 23.2 Å². The highest BCUT2D eigenvalue weighted by Gasteiger charge is 2.30. The molecule has 0 saturated heterocycles. The predicted molar refractivity (Wildman–Crippen MR) is 99.7 cm³/mol. The smallest absolute Gasteiger partial charge is 0.416 e. The van der Waals surface area contributed by atoms with Crippen LogP contribution in [0.4, 0.5) is 13.2 Å². The van der Waals surface area contributed by atoms with E-state index < -0.39 is 26.8 Å². The monoisotopic (exact) mass is 574 g/mol. The van der Waals surface area contributed by atoms with E-state index >= 15 is 0 Å². The van der Waals surface area contributed by atoms with Crippen LogP contribution in [0.3, 0.4) is 0 Å². The van der Waals surface area contributed by atoms with E-state index in [1.165, 1.54) is 7.14 Å². The molecule has 29 heavy (non-hydrogen) atoms. The molecule has 154 valence electrons. The Labute approximate surface area is 186 Å². The molecule has 3 aromatic rings. The van der Waals surface area contributed by atoms with Crippen LogP contribution < -0.4 is 21.2 Å². The topological polar surface area (TPSA) is 57.2 Å². The zero-order valence-corrected chi connectivity index (χ0v) is 18.8. The van der Waals surface area contributed by atoms with Crippen molar-refractivity contribution in [3.63, 3.8) is 0 Å². The van der Waals surface area contributed by atoms with Crippen LogP contribution in [0.25, 0.3) is 0 Å². The Morgan fingerprint density at radius 2 is 1.10 bits per heavy atom. The lowest BCUT2D eigenvalue weighted by Crippen LogP contribution is -3.61. The second kappa shape index (κ2) is 10.1. The van der Waals surface area contributed by atoms with Crippen molar-refractivity contribution in [2.45, 2.75) is 11.1 Å². The third kappa shape index (κ3) is 8.13.